The van der Waals surface area contributed by atoms with E-state index in [-0.39, 0.29) is 11.6 Å². The number of carbonyl (C=O) groups excluding carboxylic acids is 3. The van der Waals surface area contributed by atoms with Crippen LogP contribution in [0.5, 0.6) is 0 Å². The molecule has 0 unspecified atom stereocenters. The van der Waals surface area contributed by atoms with Crippen LogP contribution in [0.4, 0.5) is 13.2 Å². The van der Waals surface area contributed by atoms with E-state index in [1.807, 2.05) is 0 Å². The Bertz CT molecular complexity index is 1390. The highest BCUT2D eigenvalue weighted by molar-refractivity contribution is 5.94. The summed E-state index contributed by atoms with van der Waals surface area (Å²) >= 11 is 0. The van der Waals surface area contributed by atoms with Crippen LogP contribution >= 0.6 is 0 Å². The van der Waals surface area contributed by atoms with E-state index in [0.29, 0.717) is 35.9 Å². The van der Waals surface area contributed by atoms with Crippen LogP contribution in [0.25, 0.3) is 17.0 Å². The van der Waals surface area contributed by atoms with Gasteiger partial charge in [0, 0.05) is 11.9 Å². The number of rotatable bonds is 10. The van der Waals surface area contributed by atoms with E-state index in [2.05, 4.69) is 21.0 Å². The Morgan fingerprint density at radius 2 is 1.79 bits per heavy atom. The summed E-state index contributed by atoms with van der Waals surface area (Å²) in [5, 5.41) is 16.5. The second-order valence-electron chi connectivity index (χ2n) is 11.7. The van der Waals surface area contributed by atoms with Crippen molar-refractivity contribution >= 4 is 40.7 Å². The Kier molecular flexibility index (Phi) is 10.5. The van der Waals surface area contributed by atoms with E-state index < -0.39 is 59.8 Å². The molecule has 0 aliphatic carbocycles. The summed E-state index contributed by atoms with van der Waals surface area (Å²) in [5.41, 5.74) is 2.52. The van der Waals surface area contributed by atoms with E-state index in [4.69, 9.17) is 0 Å². The minimum atomic E-state index is -4.37. The molecular weight excluding hydrogens is 567 g/mol. The lowest BCUT2D eigenvalue weighted by Gasteiger charge is -2.34. The van der Waals surface area contributed by atoms with Gasteiger partial charge in [-0.1, -0.05) is 44.2 Å². The third-order valence-corrected chi connectivity index (χ3v) is 7.15. The maximum Gasteiger partial charge on any atom is 0.394 e. The molecule has 3 rings (SSSR count). The lowest BCUT2D eigenvalue weighted by molar-refractivity contribution is -0.148. The summed E-state index contributed by atoms with van der Waals surface area (Å²) in [6.45, 7) is 8.60. The highest BCUT2D eigenvalue weighted by Gasteiger charge is 2.34. The number of halogens is 3. The van der Waals surface area contributed by atoms with Crippen LogP contribution < -0.4 is 16.1 Å². The van der Waals surface area contributed by atoms with Crippen molar-refractivity contribution in [1.29, 1.82) is 0 Å². The Morgan fingerprint density at radius 3 is 2.42 bits per heavy atom. The molecule has 0 bridgehead atoms. The maximum absolute atomic E-state index is 13.3. The zero-order valence-corrected chi connectivity index (χ0v) is 24.8. The zero-order chi connectivity index (χ0) is 32.1. The predicted molar refractivity (Wildman–Crippen MR) is 154 cm³/mol. The molecule has 1 aliphatic rings. The number of carboxylic acid groups (broad SMARTS) is 1. The monoisotopic (exact) mass is 605 g/mol. The molecular formula is C30H38F3N5O5. The minimum Gasteiger partial charge on any atom is -0.480 e. The molecule has 3 atom stereocenters. The molecule has 13 heteroatoms. The molecule has 1 fully saturated rings. The standard InChI is InChI=1S/C30H38F3N5O5/c1-17(2)24(25(39)34-18(3)26(40)38-14-6-7-22(37-38)27(41)42)36-28(43)29(4,5)13-12-19-8-9-20-10-11-21(16-30(31,32)33)35-23(20)15-19/h8-13,15,17-18,22,24,37H,6-7,14,16H2,1-5H3,(H,34,39)(H,36,43)(H,41,42)/b13-12+/t18-,22-,24-/m0/s1. The maximum atomic E-state index is 13.3. The van der Waals surface area contributed by atoms with Gasteiger partial charge in [0.1, 0.15) is 18.1 Å². The van der Waals surface area contributed by atoms with Crippen LogP contribution in [0.15, 0.2) is 36.4 Å². The number of fused-ring (bicyclic) bond motifs is 1. The van der Waals surface area contributed by atoms with Crippen molar-refractivity contribution in [2.24, 2.45) is 11.3 Å². The number of nitrogens with zero attached hydrogens (tertiary/aromatic N) is 2. The highest BCUT2D eigenvalue weighted by atomic mass is 19.4. The van der Waals surface area contributed by atoms with Crippen LogP contribution in [0.2, 0.25) is 0 Å². The van der Waals surface area contributed by atoms with Crippen molar-refractivity contribution in [1.82, 2.24) is 26.1 Å². The number of hydrogen-bond donors (Lipinski definition) is 4. The second-order valence-corrected chi connectivity index (χ2v) is 11.7. The zero-order valence-electron chi connectivity index (χ0n) is 24.8. The van der Waals surface area contributed by atoms with Gasteiger partial charge in [-0.25, -0.2) is 5.43 Å². The average Bonchev–Trinajstić information content (AvgIpc) is 2.92. The number of aliphatic carboxylic acids is 1. The van der Waals surface area contributed by atoms with Crippen LogP contribution in [0.3, 0.4) is 0 Å². The number of benzene rings is 1. The fourth-order valence-electron chi connectivity index (χ4n) is 4.55. The van der Waals surface area contributed by atoms with Crippen LogP contribution in [-0.4, -0.2) is 69.6 Å². The van der Waals surface area contributed by atoms with Crippen molar-refractivity contribution in [2.75, 3.05) is 6.54 Å². The number of alkyl halides is 3. The van der Waals surface area contributed by atoms with Gasteiger partial charge in [0.25, 0.3) is 5.91 Å². The number of carboxylic acids is 1. The van der Waals surface area contributed by atoms with Crippen molar-refractivity contribution in [2.45, 2.75) is 78.2 Å². The lowest BCUT2D eigenvalue weighted by Crippen LogP contribution is -2.61. The van der Waals surface area contributed by atoms with Gasteiger partial charge in [0.2, 0.25) is 11.8 Å². The molecule has 3 amide bonds. The topological polar surface area (TPSA) is 141 Å². The Morgan fingerprint density at radius 1 is 1.12 bits per heavy atom. The van der Waals surface area contributed by atoms with Crippen molar-refractivity contribution in [3.8, 4) is 0 Å². The molecule has 0 radical (unpaired) electrons. The molecule has 1 aromatic heterocycles. The number of pyridine rings is 1. The minimum absolute atomic E-state index is 0.0912. The Labute approximate surface area is 248 Å². The van der Waals surface area contributed by atoms with E-state index >= 15 is 0 Å². The van der Waals surface area contributed by atoms with Gasteiger partial charge in [-0.05, 0) is 57.2 Å². The summed E-state index contributed by atoms with van der Waals surface area (Å²) in [4.78, 5) is 54.7. The molecule has 1 aromatic carbocycles. The van der Waals surface area contributed by atoms with Gasteiger partial charge in [-0.2, -0.15) is 13.2 Å². The number of carbonyl (C=O) groups is 4. The predicted octanol–water partition coefficient (Wildman–Crippen LogP) is 3.60. The van der Waals surface area contributed by atoms with Crippen LogP contribution in [-0.2, 0) is 25.6 Å². The van der Waals surface area contributed by atoms with Gasteiger partial charge >= 0.3 is 12.1 Å². The Balaban J connectivity index is 1.66. The summed E-state index contributed by atoms with van der Waals surface area (Å²) in [6.07, 6.45) is -1.33. The second kappa shape index (κ2) is 13.5. The van der Waals surface area contributed by atoms with Gasteiger partial charge in [-0.3, -0.25) is 29.2 Å². The smallest absolute Gasteiger partial charge is 0.394 e. The molecule has 10 nitrogen and oxygen atoms in total. The average molecular weight is 606 g/mol. The number of aromatic nitrogens is 1. The first-order valence-electron chi connectivity index (χ1n) is 14.0. The molecule has 234 valence electrons. The van der Waals surface area contributed by atoms with Gasteiger partial charge in [0.05, 0.1) is 23.0 Å². The summed E-state index contributed by atoms with van der Waals surface area (Å²) in [6, 6.07) is 5.22. The van der Waals surface area contributed by atoms with E-state index in [0.717, 1.165) is 0 Å². The largest absolute Gasteiger partial charge is 0.480 e. The van der Waals surface area contributed by atoms with Gasteiger partial charge in [-0.15, -0.1) is 0 Å². The number of nitrogens with one attached hydrogen (secondary N) is 3. The van der Waals surface area contributed by atoms with Crippen LogP contribution in [0.1, 0.15) is 58.7 Å². The quantitative estimate of drug-likeness (QED) is 0.324. The summed E-state index contributed by atoms with van der Waals surface area (Å²) in [5.74, 6) is -2.91. The first kappa shape index (κ1) is 33.5. The Hall–Kier alpha value is -4.00. The van der Waals surface area contributed by atoms with Gasteiger partial charge < -0.3 is 15.7 Å². The van der Waals surface area contributed by atoms with E-state index in [9.17, 15) is 37.5 Å². The third kappa shape index (κ3) is 9.24. The van der Waals surface area contributed by atoms with Crippen molar-refractivity contribution in [3.05, 3.63) is 47.7 Å². The molecule has 43 heavy (non-hydrogen) atoms. The number of amides is 3. The summed E-state index contributed by atoms with van der Waals surface area (Å²) in [7, 11) is 0. The lowest BCUT2D eigenvalue weighted by atomic mass is 9.89. The van der Waals surface area contributed by atoms with Crippen molar-refractivity contribution < 1.29 is 37.5 Å². The van der Waals surface area contributed by atoms with E-state index in [1.54, 1.807) is 64.1 Å². The number of hydrogen-bond acceptors (Lipinski definition) is 6. The fraction of sp³-hybridized carbons (Fsp3) is 0.500. The molecule has 2 aromatic rings. The molecule has 1 saturated heterocycles. The van der Waals surface area contributed by atoms with Crippen LogP contribution in [0, 0.1) is 11.3 Å². The SMILES string of the molecule is CC(C)[C@H](NC(=O)C(C)(C)/C=C/c1ccc2ccc(CC(F)(F)F)nc2c1)C(=O)N[C@@H](C)C(=O)N1CCC[C@@H](C(=O)O)N1. The highest BCUT2D eigenvalue weighted by Crippen LogP contribution is 2.24. The first-order chi connectivity index (χ1) is 20.0. The first-order valence-corrected chi connectivity index (χ1v) is 14.0. The van der Waals surface area contributed by atoms with Gasteiger partial charge in [0.15, 0.2) is 0 Å². The fourth-order valence-corrected chi connectivity index (χ4v) is 4.55. The normalized spacial score (nSPS) is 17.6. The number of hydrazine groups is 1. The third-order valence-electron chi connectivity index (χ3n) is 7.15. The molecule has 0 spiro atoms. The molecule has 4 N–H and O–H groups in total. The summed E-state index contributed by atoms with van der Waals surface area (Å²) < 4.78 is 38.4. The molecule has 2 heterocycles. The van der Waals surface area contributed by atoms with E-state index in [1.165, 1.54) is 18.0 Å². The molecule has 1 aliphatic heterocycles. The van der Waals surface area contributed by atoms with Crippen molar-refractivity contribution in [3.63, 3.8) is 0 Å². The molecule has 0 saturated carbocycles.